The standard InChI is InChI=1S/C16H21N3O5/c17-14-5-6-18(15-7-12(22)13(9-20)24-15)16(23)19(14)8-10-3-1-2-4-11(10)21/h1-5,12-13,15,20-22H,6-9,17H2/t12-,13+,15+/m0/s1. The number of nitrogens with two attached hydrogens (primary N) is 1. The van der Waals surface area contributed by atoms with E-state index in [1.807, 2.05) is 0 Å². The first-order chi connectivity index (χ1) is 11.5. The number of urea groups is 1. The lowest BCUT2D eigenvalue weighted by Crippen LogP contribution is -2.52. The van der Waals surface area contributed by atoms with E-state index >= 15 is 0 Å². The number of ether oxygens (including phenoxy) is 1. The molecule has 1 fully saturated rings. The molecule has 1 saturated heterocycles. The smallest absolute Gasteiger partial charge is 0.328 e. The van der Waals surface area contributed by atoms with Gasteiger partial charge in [-0.05, 0) is 12.1 Å². The van der Waals surface area contributed by atoms with E-state index in [-0.39, 0.29) is 37.9 Å². The summed E-state index contributed by atoms with van der Waals surface area (Å²) in [7, 11) is 0. The number of phenols is 1. The number of carbonyl (C=O) groups excluding carboxylic acids is 1. The van der Waals surface area contributed by atoms with Gasteiger partial charge in [-0.1, -0.05) is 18.2 Å². The van der Waals surface area contributed by atoms with Crippen LogP contribution in [0.15, 0.2) is 36.2 Å². The number of aromatic hydroxyl groups is 1. The molecule has 0 unspecified atom stereocenters. The minimum Gasteiger partial charge on any atom is -0.508 e. The second-order valence-corrected chi connectivity index (χ2v) is 5.89. The molecule has 2 aliphatic rings. The van der Waals surface area contributed by atoms with Crippen LogP contribution in [0.4, 0.5) is 4.79 Å². The first-order valence-electron chi connectivity index (χ1n) is 7.76. The SMILES string of the molecule is NC1=CCN([C@H]2C[C@H](O)[C@@H](CO)O2)C(=O)N1Cc1ccccc1O. The molecule has 130 valence electrons. The Morgan fingerprint density at radius 2 is 2.08 bits per heavy atom. The van der Waals surface area contributed by atoms with Gasteiger partial charge in [-0.25, -0.2) is 4.79 Å². The minimum absolute atomic E-state index is 0.0862. The maximum Gasteiger partial charge on any atom is 0.328 e. The fourth-order valence-electron chi connectivity index (χ4n) is 2.93. The van der Waals surface area contributed by atoms with Gasteiger partial charge in [-0.3, -0.25) is 9.80 Å². The maximum atomic E-state index is 12.8. The van der Waals surface area contributed by atoms with Crippen LogP contribution >= 0.6 is 0 Å². The van der Waals surface area contributed by atoms with Crippen molar-refractivity contribution in [1.29, 1.82) is 0 Å². The molecule has 3 atom stereocenters. The summed E-state index contributed by atoms with van der Waals surface area (Å²) < 4.78 is 5.55. The van der Waals surface area contributed by atoms with Crippen molar-refractivity contribution >= 4 is 6.03 Å². The Bertz CT molecular complexity index is 650. The molecular weight excluding hydrogens is 314 g/mol. The molecule has 24 heavy (non-hydrogen) atoms. The number of para-hydroxylation sites is 1. The first-order valence-corrected chi connectivity index (χ1v) is 7.76. The molecule has 1 aromatic carbocycles. The molecule has 0 aromatic heterocycles. The van der Waals surface area contributed by atoms with Crippen molar-refractivity contribution in [3.05, 3.63) is 41.7 Å². The number of phenolic OH excluding ortho intramolecular Hbond substituents is 1. The zero-order chi connectivity index (χ0) is 17.3. The van der Waals surface area contributed by atoms with Gasteiger partial charge in [0.15, 0.2) is 0 Å². The summed E-state index contributed by atoms with van der Waals surface area (Å²) >= 11 is 0. The molecule has 0 bridgehead atoms. The van der Waals surface area contributed by atoms with Crippen LogP contribution in [0.3, 0.4) is 0 Å². The highest BCUT2D eigenvalue weighted by Gasteiger charge is 2.41. The van der Waals surface area contributed by atoms with Crippen molar-refractivity contribution in [2.24, 2.45) is 5.73 Å². The Morgan fingerprint density at radius 1 is 1.33 bits per heavy atom. The van der Waals surface area contributed by atoms with E-state index in [9.17, 15) is 20.1 Å². The molecule has 2 amide bonds. The number of benzene rings is 1. The maximum absolute atomic E-state index is 12.8. The average molecular weight is 335 g/mol. The summed E-state index contributed by atoms with van der Waals surface area (Å²) in [5.41, 5.74) is 6.51. The lowest BCUT2D eigenvalue weighted by molar-refractivity contribution is -0.0659. The lowest BCUT2D eigenvalue weighted by atomic mass is 10.1. The van der Waals surface area contributed by atoms with E-state index in [4.69, 9.17) is 10.5 Å². The number of aliphatic hydroxyl groups excluding tert-OH is 2. The van der Waals surface area contributed by atoms with Gasteiger partial charge in [0, 0.05) is 18.5 Å². The number of hydrogen-bond acceptors (Lipinski definition) is 6. The molecule has 8 heteroatoms. The Kier molecular flexibility index (Phi) is 4.61. The summed E-state index contributed by atoms with van der Waals surface area (Å²) in [4.78, 5) is 15.6. The lowest BCUT2D eigenvalue weighted by Gasteiger charge is -2.37. The zero-order valence-corrected chi connectivity index (χ0v) is 13.1. The zero-order valence-electron chi connectivity index (χ0n) is 13.1. The Labute approximate surface area is 139 Å². The minimum atomic E-state index is -0.817. The van der Waals surface area contributed by atoms with E-state index in [1.54, 1.807) is 30.3 Å². The molecule has 3 rings (SSSR count). The van der Waals surface area contributed by atoms with Crippen LogP contribution in [0.5, 0.6) is 5.75 Å². The summed E-state index contributed by atoms with van der Waals surface area (Å²) in [5, 5.41) is 28.9. The molecule has 2 heterocycles. The van der Waals surface area contributed by atoms with E-state index in [1.165, 1.54) is 9.80 Å². The normalized spacial score (nSPS) is 27.5. The van der Waals surface area contributed by atoms with Crippen LogP contribution in [0.2, 0.25) is 0 Å². The van der Waals surface area contributed by atoms with Gasteiger partial charge >= 0.3 is 6.03 Å². The van der Waals surface area contributed by atoms with Crippen LogP contribution in [-0.4, -0.2) is 62.7 Å². The van der Waals surface area contributed by atoms with Crippen LogP contribution in [-0.2, 0) is 11.3 Å². The van der Waals surface area contributed by atoms with Gasteiger partial charge in [0.2, 0.25) is 0 Å². The van der Waals surface area contributed by atoms with Gasteiger partial charge in [0.25, 0.3) is 0 Å². The third kappa shape index (κ3) is 3.03. The molecule has 0 spiro atoms. The first kappa shape index (κ1) is 16.6. The molecule has 2 aliphatic heterocycles. The summed E-state index contributed by atoms with van der Waals surface area (Å²) in [6, 6.07) is 6.36. The molecule has 1 aromatic rings. The number of nitrogens with zero attached hydrogens (tertiary/aromatic N) is 2. The van der Waals surface area contributed by atoms with Crippen molar-refractivity contribution in [3.63, 3.8) is 0 Å². The van der Waals surface area contributed by atoms with Crippen molar-refractivity contribution in [2.45, 2.75) is 31.4 Å². The Hall–Kier alpha value is -2.29. The Morgan fingerprint density at radius 3 is 2.75 bits per heavy atom. The number of hydrogen-bond donors (Lipinski definition) is 4. The van der Waals surface area contributed by atoms with Gasteiger partial charge in [0.1, 0.15) is 23.9 Å². The van der Waals surface area contributed by atoms with E-state index in [2.05, 4.69) is 0 Å². The molecule has 8 nitrogen and oxygen atoms in total. The molecule has 0 aliphatic carbocycles. The Balaban J connectivity index is 1.77. The number of rotatable bonds is 4. The highest BCUT2D eigenvalue weighted by atomic mass is 16.5. The predicted octanol–water partition coefficient (Wildman–Crippen LogP) is -0.102. The molecule has 5 N–H and O–H groups in total. The van der Waals surface area contributed by atoms with Gasteiger partial charge < -0.3 is 25.8 Å². The summed E-state index contributed by atoms with van der Waals surface area (Å²) in [6.45, 7) is 0.0831. The second-order valence-electron chi connectivity index (χ2n) is 5.89. The monoisotopic (exact) mass is 335 g/mol. The quantitative estimate of drug-likeness (QED) is 0.610. The van der Waals surface area contributed by atoms with Crippen LogP contribution in [0.1, 0.15) is 12.0 Å². The largest absolute Gasteiger partial charge is 0.508 e. The van der Waals surface area contributed by atoms with Crippen molar-refractivity contribution in [2.75, 3.05) is 13.2 Å². The third-order valence-corrected chi connectivity index (χ3v) is 4.34. The number of carbonyl (C=O) groups is 1. The van der Waals surface area contributed by atoms with Crippen molar-refractivity contribution in [1.82, 2.24) is 9.80 Å². The molecule has 0 saturated carbocycles. The molecule has 0 radical (unpaired) electrons. The van der Waals surface area contributed by atoms with Crippen LogP contribution < -0.4 is 5.73 Å². The summed E-state index contributed by atoms with van der Waals surface area (Å²) in [5.74, 6) is 0.389. The van der Waals surface area contributed by atoms with Gasteiger partial charge in [-0.15, -0.1) is 0 Å². The van der Waals surface area contributed by atoms with Crippen molar-refractivity contribution < 1.29 is 24.9 Å². The van der Waals surface area contributed by atoms with Crippen molar-refractivity contribution in [3.8, 4) is 5.75 Å². The average Bonchev–Trinajstić information content (AvgIpc) is 2.93. The van der Waals surface area contributed by atoms with E-state index in [0.717, 1.165) is 0 Å². The number of amides is 2. The van der Waals surface area contributed by atoms with Gasteiger partial charge in [-0.2, -0.15) is 0 Å². The third-order valence-electron chi connectivity index (χ3n) is 4.34. The van der Waals surface area contributed by atoms with E-state index in [0.29, 0.717) is 11.4 Å². The highest BCUT2D eigenvalue weighted by molar-refractivity contribution is 5.78. The number of aliphatic hydroxyl groups is 2. The predicted molar refractivity (Wildman–Crippen MR) is 84.4 cm³/mol. The molecular formula is C16H21N3O5. The highest BCUT2D eigenvalue weighted by Crippen LogP contribution is 2.28. The topological polar surface area (TPSA) is 119 Å². The van der Waals surface area contributed by atoms with Gasteiger partial charge in [0.05, 0.1) is 19.3 Å². The summed E-state index contributed by atoms with van der Waals surface area (Å²) in [6.07, 6.45) is -0.223. The second kappa shape index (κ2) is 6.68. The fraction of sp³-hybridized carbons (Fsp3) is 0.438. The van der Waals surface area contributed by atoms with Crippen LogP contribution in [0.25, 0.3) is 0 Å². The fourth-order valence-corrected chi connectivity index (χ4v) is 2.93. The van der Waals surface area contributed by atoms with Crippen LogP contribution in [0, 0.1) is 0 Å². The van der Waals surface area contributed by atoms with E-state index < -0.39 is 18.4 Å².